The number of hydrogen-bond donors (Lipinski definition) is 2. The van der Waals surface area contributed by atoms with Gasteiger partial charge in [-0.2, -0.15) is 0 Å². The fraction of sp³-hybridized carbons (Fsp3) is 0.600. The average Bonchev–Trinajstić information content (AvgIpc) is 2.70. The Morgan fingerprint density at radius 3 is 2.55 bits per heavy atom. The van der Waals surface area contributed by atoms with Gasteiger partial charge in [-0.3, -0.25) is 0 Å². The molecule has 3 atom stereocenters. The van der Waals surface area contributed by atoms with Crippen molar-refractivity contribution in [1.29, 1.82) is 0 Å². The maximum Gasteiger partial charge on any atom is 0.216 e. The van der Waals surface area contributed by atoms with Crippen LogP contribution in [0.15, 0.2) is 24.3 Å². The van der Waals surface area contributed by atoms with E-state index in [0.29, 0.717) is 18.4 Å². The summed E-state index contributed by atoms with van der Waals surface area (Å²) in [6.07, 6.45) is 2.03. The van der Waals surface area contributed by atoms with Crippen molar-refractivity contribution in [3.8, 4) is 0 Å². The van der Waals surface area contributed by atoms with Gasteiger partial charge in [0, 0.05) is 12.6 Å². The van der Waals surface area contributed by atoms with Crippen LogP contribution in [0.3, 0.4) is 0 Å². The molecule has 0 saturated heterocycles. The molecular formula is C15H24N2O2S. The zero-order valence-corrected chi connectivity index (χ0v) is 13.0. The summed E-state index contributed by atoms with van der Waals surface area (Å²) in [5, 5.41) is 0. The first-order chi connectivity index (χ1) is 9.41. The molecule has 2 rings (SSSR count). The minimum atomic E-state index is -3.29. The highest BCUT2D eigenvalue weighted by atomic mass is 32.2. The first-order valence-electron chi connectivity index (χ1n) is 7.19. The molecule has 3 unspecified atom stereocenters. The van der Waals surface area contributed by atoms with Crippen LogP contribution in [0, 0.1) is 11.8 Å². The maximum absolute atomic E-state index is 12.3. The van der Waals surface area contributed by atoms with E-state index in [1.807, 2.05) is 24.3 Å². The summed E-state index contributed by atoms with van der Waals surface area (Å²) in [7, 11) is -3.29. The molecule has 0 bridgehead atoms. The van der Waals surface area contributed by atoms with Crippen LogP contribution in [-0.4, -0.2) is 14.5 Å². The second-order valence-corrected chi connectivity index (χ2v) is 7.68. The number of sulfonamides is 1. The van der Waals surface area contributed by atoms with Crippen LogP contribution in [0.2, 0.25) is 0 Å². The minimum absolute atomic E-state index is 0.0262. The summed E-state index contributed by atoms with van der Waals surface area (Å²) in [5.41, 5.74) is 7.33. The van der Waals surface area contributed by atoms with Gasteiger partial charge in [0.15, 0.2) is 0 Å². The first kappa shape index (κ1) is 15.5. The molecule has 1 fully saturated rings. The van der Waals surface area contributed by atoms with Crippen LogP contribution in [0.4, 0.5) is 0 Å². The molecule has 0 spiro atoms. The lowest BCUT2D eigenvalue weighted by atomic mass is 9.98. The van der Waals surface area contributed by atoms with E-state index in [0.717, 1.165) is 24.0 Å². The smallest absolute Gasteiger partial charge is 0.216 e. The van der Waals surface area contributed by atoms with Gasteiger partial charge in [-0.15, -0.1) is 0 Å². The van der Waals surface area contributed by atoms with Crippen LogP contribution < -0.4 is 10.5 Å². The lowest BCUT2D eigenvalue weighted by Gasteiger charge is -2.19. The van der Waals surface area contributed by atoms with Gasteiger partial charge in [-0.1, -0.05) is 38.1 Å². The first-order valence-corrected chi connectivity index (χ1v) is 8.84. The fourth-order valence-corrected chi connectivity index (χ4v) is 4.36. The van der Waals surface area contributed by atoms with E-state index < -0.39 is 10.0 Å². The topological polar surface area (TPSA) is 72.2 Å². The largest absolute Gasteiger partial charge is 0.326 e. The molecule has 3 N–H and O–H groups in total. The summed E-state index contributed by atoms with van der Waals surface area (Å²) >= 11 is 0. The van der Waals surface area contributed by atoms with Gasteiger partial charge < -0.3 is 5.73 Å². The highest BCUT2D eigenvalue weighted by Gasteiger charge is 2.32. The third kappa shape index (κ3) is 3.81. The summed E-state index contributed by atoms with van der Waals surface area (Å²) < 4.78 is 27.4. The number of nitrogens with one attached hydrogen (secondary N) is 1. The Kier molecular flexibility index (Phi) is 4.83. The van der Waals surface area contributed by atoms with Crippen molar-refractivity contribution >= 4 is 10.0 Å². The van der Waals surface area contributed by atoms with Gasteiger partial charge in [-0.25, -0.2) is 13.1 Å². The summed E-state index contributed by atoms with van der Waals surface area (Å²) in [5.74, 6) is 1.02. The third-order valence-electron chi connectivity index (χ3n) is 4.38. The molecule has 112 valence electrons. The summed E-state index contributed by atoms with van der Waals surface area (Å²) in [6.45, 7) is 4.74. The lowest BCUT2D eigenvalue weighted by Crippen LogP contribution is -2.38. The number of benzene rings is 1. The van der Waals surface area contributed by atoms with Crippen molar-refractivity contribution in [3.63, 3.8) is 0 Å². The fourth-order valence-electron chi connectivity index (χ4n) is 2.87. The average molecular weight is 296 g/mol. The van der Waals surface area contributed by atoms with E-state index in [-0.39, 0.29) is 11.8 Å². The summed E-state index contributed by atoms with van der Waals surface area (Å²) in [6, 6.07) is 7.53. The molecule has 1 aromatic rings. The Bertz CT molecular complexity index is 557. The van der Waals surface area contributed by atoms with Crippen LogP contribution in [0.25, 0.3) is 0 Å². The predicted molar refractivity (Wildman–Crippen MR) is 81.4 cm³/mol. The molecule has 0 radical (unpaired) electrons. The zero-order chi connectivity index (χ0) is 14.8. The van der Waals surface area contributed by atoms with Gasteiger partial charge in [0.1, 0.15) is 0 Å². The Morgan fingerprint density at radius 1 is 1.25 bits per heavy atom. The molecule has 5 heteroatoms. The number of hydrogen-bond acceptors (Lipinski definition) is 3. The van der Waals surface area contributed by atoms with Gasteiger partial charge in [0.05, 0.1) is 5.75 Å². The zero-order valence-electron chi connectivity index (χ0n) is 12.2. The van der Waals surface area contributed by atoms with E-state index >= 15 is 0 Å². The quantitative estimate of drug-likeness (QED) is 0.873. The van der Waals surface area contributed by atoms with E-state index in [1.54, 1.807) is 0 Å². The van der Waals surface area contributed by atoms with Gasteiger partial charge >= 0.3 is 0 Å². The van der Waals surface area contributed by atoms with Crippen molar-refractivity contribution in [2.24, 2.45) is 17.6 Å². The standard InChI is InChI=1S/C15H24N2O2S/c1-11-6-7-15(12(11)2)17-20(18,19)10-14-5-3-4-13(8-14)9-16/h3-5,8,11-12,15,17H,6-7,9-10,16H2,1-2H3. The van der Waals surface area contributed by atoms with Crippen LogP contribution in [0.5, 0.6) is 0 Å². The van der Waals surface area contributed by atoms with Crippen LogP contribution in [-0.2, 0) is 22.3 Å². The van der Waals surface area contributed by atoms with Crippen LogP contribution >= 0.6 is 0 Å². The highest BCUT2D eigenvalue weighted by Crippen LogP contribution is 2.31. The summed E-state index contributed by atoms with van der Waals surface area (Å²) in [4.78, 5) is 0. The van der Waals surface area contributed by atoms with Crippen molar-refractivity contribution in [2.45, 2.75) is 45.0 Å². The third-order valence-corrected chi connectivity index (χ3v) is 5.76. The minimum Gasteiger partial charge on any atom is -0.326 e. The molecule has 4 nitrogen and oxygen atoms in total. The van der Waals surface area contributed by atoms with Gasteiger partial charge in [0.2, 0.25) is 10.0 Å². The molecule has 0 aliphatic heterocycles. The SMILES string of the molecule is CC1CCC(NS(=O)(=O)Cc2cccc(CN)c2)C1C. The Morgan fingerprint density at radius 2 is 1.95 bits per heavy atom. The van der Waals surface area contributed by atoms with Crippen molar-refractivity contribution in [3.05, 3.63) is 35.4 Å². The molecule has 0 aromatic heterocycles. The van der Waals surface area contributed by atoms with Crippen molar-refractivity contribution in [1.82, 2.24) is 4.72 Å². The van der Waals surface area contributed by atoms with E-state index in [4.69, 9.17) is 5.73 Å². The Labute approximate surface area is 121 Å². The Balaban J connectivity index is 2.04. The maximum atomic E-state index is 12.3. The molecule has 1 aliphatic carbocycles. The second-order valence-electron chi connectivity index (χ2n) is 5.92. The number of nitrogens with two attached hydrogens (primary N) is 1. The van der Waals surface area contributed by atoms with Crippen LogP contribution in [0.1, 0.15) is 37.8 Å². The monoisotopic (exact) mass is 296 g/mol. The highest BCUT2D eigenvalue weighted by molar-refractivity contribution is 7.88. The van der Waals surface area contributed by atoms with Gasteiger partial charge in [0.25, 0.3) is 0 Å². The van der Waals surface area contributed by atoms with Crippen molar-refractivity contribution in [2.75, 3.05) is 0 Å². The molecule has 1 aromatic carbocycles. The molecule has 0 amide bonds. The molecular weight excluding hydrogens is 272 g/mol. The normalized spacial score (nSPS) is 26.9. The second kappa shape index (κ2) is 6.24. The van der Waals surface area contributed by atoms with Crippen molar-refractivity contribution < 1.29 is 8.42 Å². The predicted octanol–water partition coefficient (Wildman–Crippen LogP) is 2.00. The number of rotatable bonds is 5. The molecule has 20 heavy (non-hydrogen) atoms. The molecule has 1 saturated carbocycles. The van der Waals surface area contributed by atoms with E-state index in [9.17, 15) is 8.42 Å². The molecule has 0 heterocycles. The lowest BCUT2D eigenvalue weighted by molar-refractivity contribution is 0.402. The van der Waals surface area contributed by atoms with E-state index in [2.05, 4.69) is 18.6 Å². The molecule has 1 aliphatic rings. The van der Waals surface area contributed by atoms with Gasteiger partial charge in [-0.05, 0) is 35.8 Å². The Hall–Kier alpha value is -0.910. The van der Waals surface area contributed by atoms with E-state index in [1.165, 1.54) is 0 Å².